The van der Waals surface area contributed by atoms with Gasteiger partial charge in [0.15, 0.2) is 0 Å². The van der Waals surface area contributed by atoms with E-state index in [4.69, 9.17) is 0 Å². The van der Waals surface area contributed by atoms with Crippen LogP contribution in [0.4, 0.5) is 5.13 Å². The average molecular weight is 452 g/mol. The normalized spacial score (nSPS) is 19.7. The van der Waals surface area contributed by atoms with Crippen LogP contribution in [0.3, 0.4) is 0 Å². The molecule has 2 aliphatic rings. The van der Waals surface area contributed by atoms with E-state index in [0.717, 1.165) is 29.8 Å². The number of carbonyl (C=O) groups excluding carboxylic acids is 2. The highest BCUT2D eigenvalue weighted by Gasteiger charge is 2.34. The van der Waals surface area contributed by atoms with Crippen molar-refractivity contribution in [3.63, 3.8) is 0 Å². The number of carbonyl (C=O) groups is 2. The van der Waals surface area contributed by atoms with Crippen molar-refractivity contribution in [1.82, 2.24) is 20.1 Å². The Morgan fingerprint density at radius 3 is 2.94 bits per heavy atom. The van der Waals surface area contributed by atoms with Crippen LogP contribution in [0, 0.1) is 12.8 Å². The molecule has 0 radical (unpaired) electrons. The number of fused-ring (bicyclic) bond motifs is 1. The number of aromatic nitrogens is 3. The maximum absolute atomic E-state index is 12.8. The molecule has 8 heteroatoms. The van der Waals surface area contributed by atoms with Gasteiger partial charge in [0, 0.05) is 42.5 Å². The Balaban J connectivity index is 1.17. The Kier molecular flexibility index (Phi) is 5.95. The molecular weight excluding hydrogens is 422 g/mol. The fourth-order valence-corrected chi connectivity index (χ4v) is 5.84. The van der Waals surface area contributed by atoms with E-state index in [9.17, 15) is 9.59 Å². The second kappa shape index (κ2) is 9.02. The zero-order valence-corrected chi connectivity index (χ0v) is 19.2. The van der Waals surface area contributed by atoms with Crippen molar-refractivity contribution in [3.05, 3.63) is 40.5 Å². The summed E-state index contributed by atoms with van der Waals surface area (Å²) in [5.74, 6) is 0.0507. The highest BCUT2D eigenvalue weighted by atomic mass is 32.1. The van der Waals surface area contributed by atoms with Crippen LogP contribution in [0.1, 0.15) is 60.6 Å². The number of hydrogen-bond acceptors (Lipinski definition) is 5. The number of nitrogens with zero attached hydrogens (tertiary/aromatic N) is 3. The van der Waals surface area contributed by atoms with Crippen LogP contribution in [-0.4, -0.2) is 45.0 Å². The van der Waals surface area contributed by atoms with Crippen molar-refractivity contribution in [2.24, 2.45) is 5.92 Å². The van der Waals surface area contributed by atoms with Crippen molar-refractivity contribution in [2.75, 3.05) is 18.4 Å². The Morgan fingerprint density at radius 1 is 1.25 bits per heavy atom. The van der Waals surface area contributed by atoms with Crippen molar-refractivity contribution in [2.45, 2.75) is 57.8 Å². The quantitative estimate of drug-likeness (QED) is 0.581. The lowest BCUT2D eigenvalue weighted by Crippen LogP contribution is -2.30. The third-order valence-corrected chi connectivity index (χ3v) is 7.79. The molecule has 0 unspecified atom stereocenters. The van der Waals surface area contributed by atoms with Crippen molar-refractivity contribution in [1.29, 1.82) is 0 Å². The van der Waals surface area contributed by atoms with Gasteiger partial charge in [-0.25, -0.2) is 0 Å². The molecule has 2 amide bonds. The van der Waals surface area contributed by atoms with E-state index in [2.05, 4.69) is 45.6 Å². The van der Waals surface area contributed by atoms with E-state index in [1.54, 1.807) is 0 Å². The van der Waals surface area contributed by atoms with Gasteiger partial charge in [0.25, 0.3) is 0 Å². The summed E-state index contributed by atoms with van der Waals surface area (Å²) in [5, 5.41) is 14.2. The van der Waals surface area contributed by atoms with Gasteiger partial charge in [-0.05, 0) is 43.9 Å². The first kappa shape index (κ1) is 21.1. The average Bonchev–Trinajstić information content (AvgIpc) is 3.52. The number of hydrogen-bond donors (Lipinski definition) is 2. The fraction of sp³-hybridized carbons (Fsp3) is 0.500. The first-order chi connectivity index (χ1) is 15.6. The summed E-state index contributed by atoms with van der Waals surface area (Å²) >= 11 is 1.48. The van der Waals surface area contributed by atoms with Gasteiger partial charge in [0.05, 0.1) is 5.92 Å². The first-order valence-electron chi connectivity index (χ1n) is 11.6. The number of aromatic amines is 1. The van der Waals surface area contributed by atoms with Crippen LogP contribution < -0.4 is 5.32 Å². The molecular formula is C24H29N5O2S. The van der Waals surface area contributed by atoms with Crippen LogP contribution in [0.2, 0.25) is 0 Å². The zero-order valence-electron chi connectivity index (χ0n) is 18.4. The monoisotopic (exact) mass is 451 g/mol. The molecule has 0 bridgehead atoms. The molecule has 5 rings (SSSR count). The van der Waals surface area contributed by atoms with E-state index < -0.39 is 0 Å². The van der Waals surface area contributed by atoms with Crippen LogP contribution in [0.25, 0.3) is 10.9 Å². The maximum atomic E-state index is 12.8. The molecule has 1 aromatic carbocycles. The molecule has 7 nitrogen and oxygen atoms in total. The van der Waals surface area contributed by atoms with Gasteiger partial charge in [-0.1, -0.05) is 42.2 Å². The molecule has 3 aromatic rings. The molecule has 32 heavy (non-hydrogen) atoms. The van der Waals surface area contributed by atoms with Gasteiger partial charge in [-0.3, -0.25) is 9.59 Å². The predicted octanol–water partition coefficient (Wildman–Crippen LogP) is 4.41. The number of H-pyrrole nitrogens is 1. The summed E-state index contributed by atoms with van der Waals surface area (Å²) in [6, 6.07) is 6.35. The van der Waals surface area contributed by atoms with Gasteiger partial charge in [0.2, 0.25) is 16.9 Å². The van der Waals surface area contributed by atoms with Gasteiger partial charge in [0.1, 0.15) is 5.01 Å². The maximum Gasteiger partial charge on any atom is 0.231 e. The molecule has 1 saturated heterocycles. The number of anilines is 1. The Hall–Kier alpha value is -2.74. The standard InChI is InChI=1S/C24H29N5O2S/c1-15-7-8-20-19(11-15)17(13-25-20)9-10-29-14-18(12-21(29)30)22(31)26-24-28-27-23(32-24)16-5-3-2-4-6-16/h7-8,11,13,16,18,25H,2-6,9-10,12,14H2,1H3,(H,26,28,31)/t18-/m0/s1. The van der Waals surface area contributed by atoms with E-state index in [1.165, 1.54) is 47.1 Å². The highest BCUT2D eigenvalue weighted by Crippen LogP contribution is 2.35. The lowest BCUT2D eigenvalue weighted by atomic mass is 9.90. The molecule has 1 saturated carbocycles. The number of likely N-dealkylation sites (tertiary alicyclic amines) is 1. The summed E-state index contributed by atoms with van der Waals surface area (Å²) in [6.45, 7) is 3.16. The predicted molar refractivity (Wildman–Crippen MR) is 126 cm³/mol. The van der Waals surface area contributed by atoms with Crippen molar-refractivity contribution < 1.29 is 9.59 Å². The van der Waals surface area contributed by atoms with E-state index in [1.807, 2.05) is 11.1 Å². The van der Waals surface area contributed by atoms with E-state index in [0.29, 0.717) is 24.1 Å². The van der Waals surface area contributed by atoms with E-state index in [-0.39, 0.29) is 24.2 Å². The van der Waals surface area contributed by atoms with Gasteiger partial charge < -0.3 is 15.2 Å². The molecule has 2 aromatic heterocycles. The van der Waals surface area contributed by atoms with Crippen molar-refractivity contribution >= 4 is 39.2 Å². The number of benzene rings is 1. The number of amides is 2. The summed E-state index contributed by atoms with van der Waals surface area (Å²) in [4.78, 5) is 30.4. The molecule has 1 aliphatic carbocycles. The number of nitrogens with one attached hydrogen (secondary N) is 2. The molecule has 2 N–H and O–H groups in total. The minimum absolute atomic E-state index is 0.0429. The second-order valence-electron chi connectivity index (χ2n) is 9.12. The molecule has 168 valence electrons. The zero-order chi connectivity index (χ0) is 22.1. The highest BCUT2D eigenvalue weighted by molar-refractivity contribution is 7.15. The minimum atomic E-state index is -0.338. The smallest absolute Gasteiger partial charge is 0.231 e. The van der Waals surface area contributed by atoms with Crippen molar-refractivity contribution in [3.8, 4) is 0 Å². The Labute approximate surface area is 191 Å². The molecule has 2 fully saturated rings. The third-order valence-electron chi connectivity index (χ3n) is 6.78. The Bertz CT molecular complexity index is 1130. The molecule has 3 heterocycles. The lowest BCUT2D eigenvalue weighted by Gasteiger charge is -2.18. The van der Waals surface area contributed by atoms with Gasteiger partial charge >= 0.3 is 0 Å². The SMILES string of the molecule is Cc1ccc2[nH]cc(CCN3C[C@@H](C(=O)Nc4nnc(C5CCCCC5)s4)CC3=O)c2c1. The number of rotatable bonds is 6. The van der Waals surface area contributed by atoms with Crippen LogP contribution in [0.5, 0.6) is 0 Å². The summed E-state index contributed by atoms with van der Waals surface area (Å²) in [5.41, 5.74) is 3.53. The first-order valence-corrected chi connectivity index (χ1v) is 12.4. The Morgan fingerprint density at radius 2 is 2.09 bits per heavy atom. The topological polar surface area (TPSA) is 91.0 Å². The van der Waals surface area contributed by atoms with Gasteiger partial charge in [-0.2, -0.15) is 0 Å². The van der Waals surface area contributed by atoms with Crippen LogP contribution in [0.15, 0.2) is 24.4 Å². The fourth-order valence-electron chi connectivity index (χ4n) is 4.93. The van der Waals surface area contributed by atoms with E-state index >= 15 is 0 Å². The second-order valence-corrected chi connectivity index (χ2v) is 10.1. The van der Waals surface area contributed by atoms with Crippen LogP contribution in [-0.2, 0) is 16.0 Å². The summed E-state index contributed by atoms with van der Waals surface area (Å²) in [6.07, 6.45) is 9.14. The molecule has 1 atom stereocenters. The molecule has 0 spiro atoms. The minimum Gasteiger partial charge on any atom is -0.361 e. The lowest BCUT2D eigenvalue weighted by molar-refractivity contribution is -0.128. The third kappa shape index (κ3) is 4.41. The largest absolute Gasteiger partial charge is 0.361 e. The summed E-state index contributed by atoms with van der Waals surface area (Å²) in [7, 11) is 0. The van der Waals surface area contributed by atoms with Gasteiger partial charge in [-0.15, -0.1) is 10.2 Å². The van der Waals surface area contributed by atoms with Crippen LogP contribution >= 0.6 is 11.3 Å². The number of aryl methyl sites for hydroxylation is 1. The summed E-state index contributed by atoms with van der Waals surface area (Å²) < 4.78 is 0. The molecule has 1 aliphatic heterocycles.